The summed E-state index contributed by atoms with van der Waals surface area (Å²) < 4.78 is 12.7. The van der Waals surface area contributed by atoms with Crippen molar-refractivity contribution in [1.29, 1.82) is 5.26 Å². The van der Waals surface area contributed by atoms with Crippen LogP contribution in [0.1, 0.15) is 30.7 Å². The first-order valence-corrected chi connectivity index (χ1v) is 32.8. The average Bonchev–Trinajstić information content (AvgIpc) is 0.760. The Bertz CT molecular complexity index is 5100. The van der Waals surface area contributed by atoms with Gasteiger partial charge in [-0.05, 0) is 170 Å². The van der Waals surface area contributed by atoms with Crippen LogP contribution in [0.15, 0.2) is 271 Å². The van der Waals surface area contributed by atoms with Gasteiger partial charge in [-0.1, -0.05) is 228 Å². The van der Waals surface area contributed by atoms with Gasteiger partial charge in [-0.3, -0.25) is 15.0 Å². The van der Waals surface area contributed by atoms with E-state index in [-0.39, 0.29) is 11.3 Å². The van der Waals surface area contributed by atoms with E-state index in [0.29, 0.717) is 73.6 Å². The van der Waals surface area contributed by atoms with Gasteiger partial charge in [-0.15, -0.1) is 0 Å². The fourth-order valence-electron chi connectivity index (χ4n) is 13.0. The normalized spacial score (nSPS) is 12.3. The number of hydrogen-bond acceptors (Lipinski definition) is 9. The van der Waals surface area contributed by atoms with E-state index in [4.69, 9.17) is 70.8 Å². The van der Waals surface area contributed by atoms with E-state index in [1.807, 2.05) is 55.6 Å². The van der Waals surface area contributed by atoms with E-state index in [1.54, 1.807) is 30.5 Å². The van der Waals surface area contributed by atoms with Crippen LogP contribution in [0.25, 0.3) is 65.4 Å². The largest absolute Gasteiger partial charge is 0.494 e. The van der Waals surface area contributed by atoms with Gasteiger partial charge in [0.1, 0.15) is 28.8 Å². The maximum Gasteiger partial charge on any atom is 0.325 e. The lowest BCUT2D eigenvalue weighted by Gasteiger charge is -2.39. The molecule has 95 heavy (non-hydrogen) atoms. The third kappa shape index (κ3) is 13.2. The SMILES string of the molecule is C=Nc1cc(Cl)c(Cl)cc1N=C[C@H](C)N(B(c1cccc2ccccc12)c1cccc2cccc(CCOc3ccccc3)c12)C(/C=C(\c1ccc(OCC)cc1)N(C)B(c1cccc2ccccc12)c1cccc2ccccc12)=C(/C#N)c1cnc2cc(Cl)c(Cl)cc2n1. The monoisotopic (exact) mass is 1310 g/mol. The van der Waals surface area contributed by atoms with Crippen molar-refractivity contribution in [2.45, 2.75) is 26.3 Å². The molecule has 0 aliphatic rings. The van der Waals surface area contributed by atoms with Gasteiger partial charge in [0.25, 0.3) is 0 Å². The number of rotatable bonds is 21. The molecule has 1 atom stereocenters. The fourth-order valence-corrected chi connectivity index (χ4v) is 13.6. The van der Waals surface area contributed by atoms with Gasteiger partial charge in [0.2, 0.25) is 0 Å². The van der Waals surface area contributed by atoms with Crippen molar-refractivity contribution in [3.63, 3.8) is 0 Å². The number of aliphatic imine (C=N–C) groups is 2. The van der Waals surface area contributed by atoms with Gasteiger partial charge < -0.3 is 19.1 Å². The van der Waals surface area contributed by atoms with Gasteiger partial charge in [-0.25, -0.2) is 4.98 Å². The van der Waals surface area contributed by atoms with Crippen molar-refractivity contribution in [2.75, 3.05) is 20.3 Å². The number of ether oxygens (including phenoxy) is 2. The van der Waals surface area contributed by atoms with Crippen LogP contribution in [0, 0.1) is 11.3 Å². The van der Waals surface area contributed by atoms with Crippen LogP contribution < -0.4 is 31.3 Å². The highest BCUT2D eigenvalue weighted by molar-refractivity contribution is 6.88. The Balaban J connectivity index is 1.18. The maximum absolute atomic E-state index is 12.6. The highest BCUT2D eigenvalue weighted by Gasteiger charge is 2.38. The molecule has 0 saturated heterocycles. The molecule has 13 rings (SSSR count). The molecule has 0 N–H and O–H groups in total. The predicted molar refractivity (Wildman–Crippen MR) is 402 cm³/mol. The summed E-state index contributed by atoms with van der Waals surface area (Å²) in [7, 11) is 2.14. The van der Waals surface area contributed by atoms with Crippen molar-refractivity contribution in [3.05, 3.63) is 298 Å². The molecule has 0 spiro atoms. The number of benzene rings is 12. The molecule has 462 valence electrons. The Morgan fingerprint density at radius 2 is 1.08 bits per heavy atom. The van der Waals surface area contributed by atoms with Crippen LogP contribution in [0.3, 0.4) is 0 Å². The number of hydrogen-bond donors (Lipinski definition) is 0. The van der Waals surface area contributed by atoms with Crippen molar-refractivity contribution in [3.8, 4) is 17.6 Å². The third-order valence-electron chi connectivity index (χ3n) is 17.4. The molecule has 0 saturated carbocycles. The summed E-state index contributed by atoms with van der Waals surface area (Å²) >= 11 is 27.0. The van der Waals surface area contributed by atoms with Gasteiger partial charge in [0.05, 0.1) is 68.0 Å². The number of allylic oxidation sites excluding steroid dienone is 2. The third-order valence-corrected chi connectivity index (χ3v) is 18.8. The zero-order valence-corrected chi connectivity index (χ0v) is 55.4. The van der Waals surface area contributed by atoms with Gasteiger partial charge in [0.15, 0.2) is 0 Å². The number of para-hydroxylation sites is 1. The molecular formula is C80H61B2Cl4N7O2. The molecule has 0 aliphatic heterocycles. The van der Waals surface area contributed by atoms with Crippen LogP contribution in [-0.4, -0.2) is 72.5 Å². The first-order chi connectivity index (χ1) is 46.5. The summed E-state index contributed by atoms with van der Waals surface area (Å²) in [5.41, 5.74) is 9.44. The number of fused-ring (bicyclic) bond motifs is 5. The quantitative estimate of drug-likeness (QED) is 0.0306. The standard InChI is InChI=1S/C80H61B2Cl4N7O2/c1-5-94-60-40-38-56(39-41-60)78(92(4)81(65-34-16-23-53-20-9-12-31-61(53)65)66-35-17-24-54-21-10-13-32-62(54)66)48-79(64(49-87)77-51-90-75-46-71(85)72(86)47-76(75)91-77)93(52(2)50-89-74-45-70(84)69(83)44-73(74)88-3)82(67-36-18-25-55-22-11-14-33-63(55)67)68-37-19-28-57-26-15-27-58(80(57)68)42-43-95-59-29-7-6-8-30-59/h6-41,44-48,50-52H,3,5,42-43H2,1-2,4H3/b78-48+,79-64-,89-50?/t52-/m0/s1. The first kappa shape index (κ1) is 63.6. The highest BCUT2D eigenvalue weighted by Crippen LogP contribution is 2.38. The summed E-state index contributed by atoms with van der Waals surface area (Å²) in [4.78, 5) is 24.6. The number of halogens is 4. The van der Waals surface area contributed by atoms with Gasteiger partial charge >= 0.3 is 13.7 Å². The Morgan fingerprint density at radius 1 is 0.579 bits per heavy atom. The lowest BCUT2D eigenvalue weighted by atomic mass is 9.46. The summed E-state index contributed by atoms with van der Waals surface area (Å²) in [5.74, 6) is 1.48. The van der Waals surface area contributed by atoms with E-state index >= 15 is 0 Å². The molecule has 12 aromatic carbocycles. The Kier molecular flexibility index (Phi) is 19.1. The lowest BCUT2D eigenvalue weighted by Crippen LogP contribution is -2.60. The lowest BCUT2D eigenvalue weighted by molar-refractivity contribution is 0.322. The predicted octanol–water partition coefficient (Wildman–Crippen LogP) is 18.1. The molecule has 0 amide bonds. The second-order valence-corrected chi connectivity index (χ2v) is 24.7. The number of aromatic nitrogens is 2. The van der Waals surface area contributed by atoms with E-state index in [1.165, 1.54) is 0 Å². The second-order valence-electron chi connectivity index (χ2n) is 23.1. The van der Waals surface area contributed by atoms with Crippen molar-refractivity contribution < 1.29 is 9.47 Å². The molecule has 0 unspecified atom stereocenters. The van der Waals surface area contributed by atoms with Crippen molar-refractivity contribution >= 4 is 172 Å². The molecule has 9 nitrogen and oxygen atoms in total. The van der Waals surface area contributed by atoms with E-state index in [2.05, 4.69) is 223 Å². The average molecular weight is 1320 g/mol. The Morgan fingerprint density at radius 3 is 1.67 bits per heavy atom. The molecule has 0 radical (unpaired) electrons. The minimum atomic E-state index is -0.733. The van der Waals surface area contributed by atoms with Gasteiger partial charge in [0, 0.05) is 24.0 Å². The second kappa shape index (κ2) is 28.6. The summed E-state index contributed by atoms with van der Waals surface area (Å²) in [6.45, 7) is 7.67. The van der Waals surface area contributed by atoms with E-state index in [9.17, 15) is 5.26 Å². The fraction of sp³-hybridized carbons (Fsp3) is 0.0875. The van der Waals surface area contributed by atoms with E-state index in [0.717, 1.165) is 87.5 Å². The molecule has 1 aromatic heterocycles. The molecular weight excluding hydrogens is 1250 g/mol. The molecule has 0 fully saturated rings. The van der Waals surface area contributed by atoms with Crippen LogP contribution in [-0.2, 0) is 6.42 Å². The Hall–Kier alpha value is -10.2. The summed E-state index contributed by atoms with van der Waals surface area (Å²) in [6, 6.07) is 84.6. The van der Waals surface area contributed by atoms with E-state index < -0.39 is 19.7 Å². The Labute approximate surface area is 573 Å². The van der Waals surface area contributed by atoms with Crippen LogP contribution >= 0.6 is 46.4 Å². The summed E-state index contributed by atoms with van der Waals surface area (Å²) in [5, 5.41) is 22.2. The zero-order valence-electron chi connectivity index (χ0n) is 52.3. The minimum absolute atomic E-state index is 0.194. The van der Waals surface area contributed by atoms with Crippen LogP contribution in [0.4, 0.5) is 11.4 Å². The molecule has 13 aromatic rings. The molecule has 0 bridgehead atoms. The van der Waals surface area contributed by atoms with Crippen molar-refractivity contribution in [2.24, 2.45) is 9.98 Å². The summed E-state index contributed by atoms with van der Waals surface area (Å²) in [6.07, 6.45) is 6.23. The molecule has 0 aliphatic carbocycles. The smallest absolute Gasteiger partial charge is 0.325 e. The van der Waals surface area contributed by atoms with Crippen molar-refractivity contribution in [1.82, 2.24) is 19.6 Å². The minimum Gasteiger partial charge on any atom is -0.494 e. The highest BCUT2D eigenvalue weighted by atomic mass is 35.5. The molecule has 1 heterocycles. The number of nitrogens with zero attached hydrogens (tertiary/aromatic N) is 7. The first-order valence-electron chi connectivity index (χ1n) is 31.3. The maximum atomic E-state index is 12.6. The number of nitriles is 1. The topological polar surface area (TPSA) is 99.2 Å². The van der Waals surface area contributed by atoms with Gasteiger partial charge in [-0.2, -0.15) is 5.26 Å². The zero-order chi connectivity index (χ0) is 65.5. The van der Waals surface area contributed by atoms with Crippen LogP contribution in [0.5, 0.6) is 11.5 Å². The molecule has 15 heteroatoms. The van der Waals surface area contributed by atoms with Crippen LogP contribution in [0.2, 0.25) is 20.1 Å².